The second-order valence-electron chi connectivity index (χ2n) is 1.81. The first-order valence-electron chi connectivity index (χ1n) is 2.80. The largest absolute Gasteiger partial charge is 0.392 e. The first kappa shape index (κ1) is 8.23. The van der Waals surface area contributed by atoms with Gasteiger partial charge in [0.1, 0.15) is 0 Å². The Morgan fingerprint density at radius 1 is 1.78 bits per heavy atom. The Hall–Kier alpha value is -0.770. The number of aliphatic hydroxyl groups is 1. The van der Waals surface area contributed by atoms with Crippen LogP contribution in [-0.2, 0) is 0 Å². The summed E-state index contributed by atoms with van der Waals surface area (Å²) < 4.78 is 0. The maximum absolute atomic E-state index is 10.4. The quantitative estimate of drug-likeness (QED) is 0.465. The number of urea groups is 1. The van der Waals surface area contributed by atoms with E-state index < -0.39 is 6.10 Å². The Kier molecular flexibility index (Phi) is 3.79. The van der Waals surface area contributed by atoms with Crippen LogP contribution in [0.2, 0.25) is 0 Å². The Balaban J connectivity index is 3.17. The van der Waals surface area contributed by atoms with Crippen LogP contribution in [0.4, 0.5) is 4.79 Å². The molecule has 0 aliphatic carbocycles. The summed E-state index contributed by atoms with van der Waals surface area (Å²) in [7, 11) is 1.53. The van der Waals surface area contributed by atoms with Crippen molar-refractivity contribution in [3.8, 4) is 0 Å². The molecule has 0 aliphatic rings. The van der Waals surface area contributed by atoms with E-state index in [0.29, 0.717) is 6.54 Å². The van der Waals surface area contributed by atoms with Crippen LogP contribution >= 0.6 is 0 Å². The maximum atomic E-state index is 10.4. The number of hydrogen-bond acceptors (Lipinski definition) is 2. The van der Waals surface area contributed by atoms with Crippen LogP contribution in [0.1, 0.15) is 6.92 Å². The summed E-state index contributed by atoms with van der Waals surface area (Å²) in [6.07, 6.45) is -0.484. The lowest BCUT2D eigenvalue weighted by Crippen LogP contribution is -2.36. The van der Waals surface area contributed by atoms with Crippen LogP contribution < -0.4 is 10.6 Å². The molecule has 4 nitrogen and oxygen atoms in total. The fourth-order valence-corrected chi connectivity index (χ4v) is 0.329. The Bertz CT molecular complexity index is 93.0. The van der Waals surface area contributed by atoms with Gasteiger partial charge >= 0.3 is 6.03 Å². The lowest BCUT2D eigenvalue weighted by atomic mass is 10.4. The van der Waals surface area contributed by atoms with Gasteiger partial charge in [0, 0.05) is 13.6 Å². The van der Waals surface area contributed by atoms with Crippen LogP contribution in [0.25, 0.3) is 0 Å². The molecule has 0 aromatic rings. The minimum atomic E-state index is -0.484. The highest BCUT2D eigenvalue weighted by atomic mass is 16.3. The van der Waals surface area contributed by atoms with E-state index in [4.69, 9.17) is 5.11 Å². The van der Waals surface area contributed by atoms with Crippen molar-refractivity contribution in [1.29, 1.82) is 0 Å². The highest BCUT2D eigenvalue weighted by Gasteiger charge is 1.97. The minimum Gasteiger partial charge on any atom is -0.392 e. The zero-order chi connectivity index (χ0) is 7.28. The van der Waals surface area contributed by atoms with Gasteiger partial charge in [-0.3, -0.25) is 0 Å². The van der Waals surface area contributed by atoms with Crippen molar-refractivity contribution in [1.82, 2.24) is 10.6 Å². The zero-order valence-corrected chi connectivity index (χ0v) is 5.64. The molecule has 1 unspecified atom stereocenters. The van der Waals surface area contributed by atoms with Crippen LogP contribution in [-0.4, -0.2) is 30.8 Å². The van der Waals surface area contributed by atoms with Gasteiger partial charge in [0.05, 0.1) is 6.10 Å². The molecular formula is C5H12N2O2. The molecule has 2 amide bonds. The summed E-state index contributed by atoms with van der Waals surface area (Å²) in [4.78, 5) is 10.4. The third kappa shape index (κ3) is 5.10. The summed E-state index contributed by atoms with van der Waals surface area (Å²) in [6.45, 7) is 1.90. The Morgan fingerprint density at radius 3 is 2.67 bits per heavy atom. The van der Waals surface area contributed by atoms with E-state index in [0.717, 1.165) is 0 Å². The SMILES string of the molecule is CNC(=O)NCC(C)O. The highest BCUT2D eigenvalue weighted by Crippen LogP contribution is 1.73. The number of hydrogen-bond donors (Lipinski definition) is 3. The molecule has 0 saturated heterocycles. The Labute approximate surface area is 54.3 Å². The average molecular weight is 132 g/mol. The van der Waals surface area contributed by atoms with E-state index in [2.05, 4.69) is 10.6 Å². The lowest BCUT2D eigenvalue weighted by Gasteiger charge is -2.04. The molecule has 0 spiro atoms. The fraction of sp³-hybridized carbons (Fsp3) is 0.800. The average Bonchev–Trinajstić information content (AvgIpc) is 1.83. The van der Waals surface area contributed by atoms with Gasteiger partial charge in [-0.15, -0.1) is 0 Å². The number of rotatable bonds is 2. The second kappa shape index (κ2) is 4.14. The van der Waals surface area contributed by atoms with Crippen LogP contribution in [0.5, 0.6) is 0 Å². The molecule has 0 saturated carbocycles. The maximum Gasteiger partial charge on any atom is 0.314 e. The van der Waals surface area contributed by atoms with Gasteiger partial charge in [0.2, 0.25) is 0 Å². The number of nitrogens with one attached hydrogen (secondary N) is 2. The van der Waals surface area contributed by atoms with E-state index in [1.54, 1.807) is 6.92 Å². The van der Waals surface area contributed by atoms with E-state index in [1.807, 2.05) is 0 Å². The summed E-state index contributed by atoms with van der Waals surface area (Å²) in [6, 6.07) is -0.268. The highest BCUT2D eigenvalue weighted by molar-refractivity contribution is 5.73. The van der Waals surface area contributed by atoms with E-state index in [9.17, 15) is 4.79 Å². The first-order chi connectivity index (χ1) is 4.16. The van der Waals surface area contributed by atoms with Gasteiger partial charge in [-0.2, -0.15) is 0 Å². The van der Waals surface area contributed by atoms with E-state index >= 15 is 0 Å². The van der Waals surface area contributed by atoms with E-state index in [-0.39, 0.29) is 6.03 Å². The van der Waals surface area contributed by atoms with Gasteiger partial charge < -0.3 is 15.7 Å². The number of carbonyl (C=O) groups is 1. The predicted molar refractivity (Wildman–Crippen MR) is 34.1 cm³/mol. The van der Waals surface area contributed by atoms with Gasteiger partial charge in [0.25, 0.3) is 0 Å². The summed E-state index contributed by atoms with van der Waals surface area (Å²) in [5.74, 6) is 0. The standard InChI is InChI=1S/C5H12N2O2/c1-4(8)3-7-5(9)6-2/h4,8H,3H2,1-2H3,(H2,6,7,9). The molecule has 0 rings (SSSR count). The molecule has 0 radical (unpaired) electrons. The normalized spacial score (nSPS) is 12.3. The Morgan fingerprint density at radius 2 is 2.33 bits per heavy atom. The molecule has 0 bridgehead atoms. The first-order valence-corrected chi connectivity index (χ1v) is 2.80. The molecule has 3 N–H and O–H groups in total. The number of carbonyl (C=O) groups excluding carboxylic acids is 1. The molecule has 1 atom stereocenters. The van der Waals surface area contributed by atoms with Gasteiger partial charge in [-0.25, -0.2) is 4.79 Å². The van der Waals surface area contributed by atoms with Crippen molar-refractivity contribution >= 4 is 6.03 Å². The second-order valence-corrected chi connectivity index (χ2v) is 1.81. The van der Waals surface area contributed by atoms with Gasteiger partial charge in [-0.1, -0.05) is 0 Å². The molecule has 0 aromatic heterocycles. The van der Waals surface area contributed by atoms with E-state index in [1.165, 1.54) is 7.05 Å². The minimum absolute atomic E-state index is 0.268. The van der Waals surface area contributed by atoms with Crippen molar-refractivity contribution in [2.24, 2.45) is 0 Å². The zero-order valence-electron chi connectivity index (χ0n) is 5.64. The van der Waals surface area contributed by atoms with Crippen molar-refractivity contribution in [2.75, 3.05) is 13.6 Å². The van der Waals surface area contributed by atoms with Crippen molar-refractivity contribution < 1.29 is 9.90 Å². The molecular weight excluding hydrogens is 120 g/mol. The topological polar surface area (TPSA) is 61.4 Å². The smallest absolute Gasteiger partial charge is 0.314 e. The lowest BCUT2D eigenvalue weighted by molar-refractivity contribution is 0.188. The fourth-order valence-electron chi connectivity index (χ4n) is 0.329. The van der Waals surface area contributed by atoms with Crippen LogP contribution in [0.15, 0.2) is 0 Å². The number of amides is 2. The van der Waals surface area contributed by atoms with Crippen molar-refractivity contribution in [3.63, 3.8) is 0 Å². The third-order valence-electron chi connectivity index (χ3n) is 0.785. The molecule has 0 heterocycles. The monoisotopic (exact) mass is 132 g/mol. The van der Waals surface area contributed by atoms with Gasteiger partial charge in [0.15, 0.2) is 0 Å². The summed E-state index contributed by atoms with van der Waals surface area (Å²) >= 11 is 0. The molecule has 9 heavy (non-hydrogen) atoms. The predicted octanol–water partition coefficient (Wildman–Crippen LogP) is -0.704. The van der Waals surface area contributed by atoms with Crippen molar-refractivity contribution in [2.45, 2.75) is 13.0 Å². The molecule has 4 heteroatoms. The third-order valence-corrected chi connectivity index (χ3v) is 0.785. The van der Waals surface area contributed by atoms with Crippen LogP contribution in [0, 0.1) is 0 Å². The van der Waals surface area contributed by atoms with Gasteiger partial charge in [-0.05, 0) is 6.92 Å². The molecule has 54 valence electrons. The van der Waals surface area contributed by atoms with Crippen molar-refractivity contribution in [3.05, 3.63) is 0 Å². The summed E-state index contributed by atoms with van der Waals surface area (Å²) in [5, 5.41) is 13.4. The summed E-state index contributed by atoms with van der Waals surface area (Å²) in [5.41, 5.74) is 0. The molecule has 0 aliphatic heterocycles. The number of aliphatic hydroxyl groups excluding tert-OH is 1. The molecule has 0 fully saturated rings. The molecule has 0 aromatic carbocycles. The van der Waals surface area contributed by atoms with Crippen LogP contribution in [0.3, 0.4) is 0 Å².